The van der Waals surface area contributed by atoms with Gasteiger partial charge in [-0.3, -0.25) is 4.55 Å². The molecule has 0 aliphatic rings. The normalized spacial score (nSPS) is 13.9. The molecule has 0 bridgehead atoms. The molecular weight excluding hydrogens is 539 g/mol. The van der Waals surface area contributed by atoms with Crippen molar-refractivity contribution in [2.45, 2.75) is 58.6 Å². The van der Waals surface area contributed by atoms with Crippen molar-refractivity contribution in [3.63, 3.8) is 0 Å². The predicted octanol–water partition coefficient (Wildman–Crippen LogP) is 6.75. The maximum Gasteiger partial charge on any atom is 0.432 e. The molecule has 5 nitrogen and oxygen atoms in total. The van der Waals surface area contributed by atoms with E-state index in [0.29, 0.717) is 4.90 Å². The van der Waals surface area contributed by atoms with E-state index in [1.165, 1.54) is 12.1 Å². The van der Waals surface area contributed by atoms with Crippen molar-refractivity contribution in [2.24, 2.45) is 0 Å². The Balaban J connectivity index is 2.17. The Morgan fingerprint density at radius 1 is 0.757 bits per heavy atom. The van der Waals surface area contributed by atoms with Gasteiger partial charge < -0.3 is 9.47 Å². The Kier molecular flexibility index (Phi) is 8.16. The lowest BCUT2D eigenvalue weighted by Crippen LogP contribution is -2.53. The average Bonchev–Trinajstić information content (AvgIpc) is 2.77. The summed E-state index contributed by atoms with van der Waals surface area (Å²) in [6.07, 6.45) is -10.0. The maximum absolute atomic E-state index is 14.2. The number of hydrogen-bond acceptors (Lipinski definition) is 4. The lowest BCUT2D eigenvalue weighted by Gasteiger charge is -2.29. The zero-order valence-electron chi connectivity index (χ0n) is 19.9. The number of ether oxygens (including phenoxy) is 2. The van der Waals surface area contributed by atoms with Crippen molar-refractivity contribution in [1.29, 1.82) is 0 Å². The molecule has 3 aromatic rings. The first-order valence-corrected chi connectivity index (χ1v) is 13.4. The number of halogens is 5. The number of alkyl halides is 5. The summed E-state index contributed by atoms with van der Waals surface area (Å²) < 4.78 is 110. The van der Waals surface area contributed by atoms with Gasteiger partial charge in [-0.25, -0.2) is 0 Å². The Morgan fingerprint density at radius 2 is 1.24 bits per heavy atom. The largest absolute Gasteiger partial charge is 0.484 e. The van der Waals surface area contributed by atoms with Gasteiger partial charge in [-0.1, -0.05) is 36.4 Å². The van der Waals surface area contributed by atoms with Crippen molar-refractivity contribution in [3.8, 4) is 11.5 Å². The Hall–Kier alpha value is -2.83. The minimum Gasteiger partial charge on any atom is -0.484 e. The maximum atomic E-state index is 14.2. The second-order valence-corrected chi connectivity index (χ2v) is 12.4. The monoisotopic (exact) mass is 563 g/mol. The van der Waals surface area contributed by atoms with Crippen molar-refractivity contribution < 1.29 is 44.4 Å². The molecule has 1 N–H and O–H groups in total. The first-order valence-electron chi connectivity index (χ1n) is 10.8. The third-order valence-corrected chi connectivity index (χ3v) is 7.83. The van der Waals surface area contributed by atoms with Gasteiger partial charge in [0, 0.05) is 6.07 Å². The minimum atomic E-state index is -6.46. The Bertz CT molecular complexity index is 1270. The van der Waals surface area contributed by atoms with Crippen LogP contribution in [0.1, 0.15) is 20.8 Å². The van der Waals surface area contributed by atoms with E-state index in [1.54, 1.807) is 20.8 Å². The summed E-state index contributed by atoms with van der Waals surface area (Å²) in [7, 11) is -7.23. The van der Waals surface area contributed by atoms with Crippen molar-refractivity contribution in [2.75, 3.05) is 0 Å². The van der Waals surface area contributed by atoms with Crippen LogP contribution in [0.4, 0.5) is 22.0 Å². The fraction of sp³-hybridized carbons (Fsp3) is 0.280. The fourth-order valence-electron chi connectivity index (χ4n) is 3.23. The quantitative estimate of drug-likeness (QED) is 0.187. The van der Waals surface area contributed by atoms with Crippen LogP contribution in [0.2, 0.25) is 0 Å². The number of benzene rings is 3. The van der Waals surface area contributed by atoms with Gasteiger partial charge in [0.05, 0.1) is 10.9 Å². The highest BCUT2D eigenvalue weighted by atomic mass is 32.2. The van der Waals surface area contributed by atoms with Gasteiger partial charge in [-0.2, -0.15) is 30.4 Å². The van der Waals surface area contributed by atoms with Crippen molar-refractivity contribution in [3.05, 3.63) is 78.9 Å². The van der Waals surface area contributed by atoms with Gasteiger partial charge in [0.2, 0.25) is 0 Å². The van der Waals surface area contributed by atoms with Crippen LogP contribution in [0.25, 0.3) is 0 Å². The second kappa shape index (κ2) is 10.5. The third kappa shape index (κ3) is 6.93. The van der Waals surface area contributed by atoms with Crippen LogP contribution in [-0.4, -0.2) is 36.1 Å². The van der Waals surface area contributed by atoms with Gasteiger partial charge in [-0.15, -0.1) is 0 Å². The summed E-state index contributed by atoms with van der Waals surface area (Å²) >= 11 is 0. The molecule has 37 heavy (non-hydrogen) atoms. The first-order chi connectivity index (χ1) is 17.0. The van der Waals surface area contributed by atoms with E-state index in [-0.39, 0.29) is 5.75 Å². The highest BCUT2D eigenvalue weighted by molar-refractivity contribution is 7.97. The molecule has 0 aromatic heterocycles. The van der Waals surface area contributed by atoms with Crippen LogP contribution < -0.4 is 9.47 Å². The van der Waals surface area contributed by atoms with Gasteiger partial charge in [-0.05, 0) is 57.2 Å². The molecule has 12 heteroatoms. The highest BCUT2D eigenvalue weighted by Crippen LogP contribution is 2.43. The lowest BCUT2D eigenvalue weighted by molar-refractivity contribution is -0.239. The molecule has 0 saturated carbocycles. The van der Waals surface area contributed by atoms with E-state index in [9.17, 15) is 30.4 Å². The molecule has 3 rings (SSSR count). The van der Waals surface area contributed by atoms with E-state index >= 15 is 0 Å². The van der Waals surface area contributed by atoms with Crippen LogP contribution in [-0.2, 0) is 21.0 Å². The molecule has 3 aromatic carbocycles. The highest BCUT2D eigenvalue weighted by Gasteiger charge is 2.65. The standard InChI is InChI=1S/C25H23F5O5S2/c1-23(2,3)35-21-16-19(36(17-10-6-4-7-11-17)18-12-8-5-9-13-18)14-15-20(21)34-22(24(26,27)28)25(29,30)37(31,32)33/h4-16,22H,1-3H3/p+1. The summed E-state index contributed by atoms with van der Waals surface area (Å²) in [5.74, 6) is -1.08. The summed E-state index contributed by atoms with van der Waals surface area (Å²) in [4.78, 5) is 2.32. The number of rotatable bonds is 8. The zero-order valence-corrected chi connectivity index (χ0v) is 21.5. The van der Waals surface area contributed by atoms with Crippen LogP contribution in [0, 0.1) is 0 Å². The van der Waals surface area contributed by atoms with Gasteiger partial charge in [0.1, 0.15) is 5.60 Å². The molecule has 0 saturated heterocycles. The molecule has 0 radical (unpaired) electrons. The summed E-state index contributed by atoms with van der Waals surface area (Å²) in [6.45, 7) is 4.77. The predicted molar refractivity (Wildman–Crippen MR) is 129 cm³/mol. The molecule has 0 aliphatic carbocycles. The van der Waals surface area contributed by atoms with Crippen molar-refractivity contribution >= 4 is 21.0 Å². The van der Waals surface area contributed by atoms with Crippen LogP contribution in [0.3, 0.4) is 0 Å². The van der Waals surface area contributed by atoms with E-state index in [1.807, 2.05) is 60.7 Å². The average molecular weight is 564 g/mol. The minimum absolute atomic E-state index is 0.310. The smallest absolute Gasteiger partial charge is 0.432 e. The molecule has 1 atom stereocenters. The molecule has 0 fully saturated rings. The van der Waals surface area contributed by atoms with Crippen LogP contribution in [0.5, 0.6) is 11.5 Å². The summed E-state index contributed by atoms with van der Waals surface area (Å²) in [5, 5.41) is -5.68. The third-order valence-electron chi connectivity index (χ3n) is 4.72. The Morgan fingerprint density at radius 3 is 1.65 bits per heavy atom. The molecule has 1 unspecified atom stereocenters. The van der Waals surface area contributed by atoms with E-state index < -0.39 is 49.9 Å². The topological polar surface area (TPSA) is 72.8 Å². The molecule has 0 heterocycles. The van der Waals surface area contributed by atoms with Crippen molar-refractivity contribution in [1.82, 2.24) is 0 Å². The second-order valence-electron chi connectivity index (χ2n) is 8.83. The van der Waals surface area contributed by atoms with Crippen LogP contribution in [0.15, 0.2) is 93.5 Å². The van der Waals surface area contributed by atoms with Gasteiger partial charge in [0.15, 0.2) is 26.2 Å². The Labute approximate surface area is 214 Å². The van der Waals surface area contributed by atoms with Crippen LogP contribution >= 0.6 is 0 Å². The molecule has 200 valence electrons. The molecule has 0 spiro atoms. The fourth-order valence-corrected chi connectivity index (χ4v) is 5.79. The molecule has 0 aliphatic heterocycles. The molecule has 0 amide bonds. The van der Waals surface area contributed by atoms with E-state index in [4.69, 9.17) is 9.29 Å². The van der Waals surface area contributed by atoms with E-state index in [2.05, 4.69) is 4.74 Å². The summed E-state index contributed by atoms with van der Waals surface area (Å²) in [6, 6.07) is 22.2. The van der Waals surface area contributed by atoms with E-state index in [0.717, 1.165) is 15.9 Å². The zero-order chi connectivity index (χ0) is 27.6. The SMILES string of the molecule is CC(C)(C)Oc1cc([S+](c2ccccc2)c2ccccc2)ccc1OC(C(F)(F)F)C(F)(F)S(=O)(=O)O. The summed E-state index contributed by atoms with van der Waals surface area (Å²) in [5.41, 5.74) is -0.992. The van der Waals surface area contributed by atoms with Gasteiger partial charge in [0.25, 0.3) is 6.10 Å². The molecular formula is C25H24F5O5S2+. The van der Waals surface area contributed by atoms with Gasteiger partial charge >= 0.3 is 21.5 Å². The first kappa shape index (κ1) is 28.7. The number of hydrogen-bond donors (Lipinski definition) is 1. The lowest BCUT2D eigenvalue weighted by atomic mass is 10.2.